The minimum atomic E-state index is -1.97. The van der Waals surface area contributed by atoms with Gasteiger partial charge < -0.3 is 19.9 Å². The number of methoxy groups -OCH3 is 2. The Morgan fingerprint density at radius 1 is 1.32 bits per heavy atom. The van der Waals surface area contributed by atoms with Gasteiger partial charge in [-0.3, -0.25) is 9.59 Å². The summed E-state index contributed by atoms with van der Waals surface area (Å²) in [5, 5.41) is 9.81. The van der Waals surface area contributed by atoms with E-state index in [1.54, 1.807) is 24.3 Å². The molecule has 0 aromatic heterocycles. The molecule has 3 rings (SSSR count). The first-order chi connectivity index (χ1) is 13.4. The van der Waals surface area contributed by atoms with E-state index in [4.69, 9.17) is 19.9 Å². The SMILES string of the molecule is COCC1=C(C(=O)OC)[C@]2(C(=O)N(C(C)=O)c3ccccc32)C(C#N)=C(N)O1. The summed E-state index contributed by atoms with van der Waals surface area (Å²) < 4.78 is 15.4. The predicted molar refractivity (Wildman–Crippen MR) is 95.1 cm³/mol. The largest absolute Gasteiger partial charge is 0.466 e. The second-order valence-corrected chi connectivity index (χ2v) is 6.10. The number of esters is 1. The van der Waals surface area contributed by atoms with Crippen LogP contribution in [-0.4, -0.2) is 38.6 Å². The molecule has 9 heteroatoms. The summed E-state index contributed by atoms with van der Waals surface area (Å²) in [6.45, 7) is 1.00. The highest BCUT2D eigenvalue weighted by atomic mass is 16.5. The average Bonchev–Trinajstić information content (AvgIpc) is 2.91. The Kier molecular flexibility index (Phi) is 4.66. The van der Waals surface area contributed by atoms with Crippen LogP contribution in [0.3, 0.4) is 0 Å². The number of nitrogens with zero attached hydrogens (tertiary/aromatic N) is 2. The van der Waals surface area contributed by atoms with Crippen molar-refractivity contribution in [1.82, 2.24) is 0 Å². The second-order valence-electron chi connectivity index (χ2n) is 6.10. The summed E-state index contributed by atoms with van der Waals surface area (Å²) in [7, 11) is 2.50. The number of anilines is 1. The smallest absolute Gasteiger partial charge is 0.339 e. The van der Waals surface area contributed by atoms with Crippen LogP contribution in [0.5, 0.6) is 0 Å². The first-order valence-corrected chi connectivity index (χ1v) is 8.19. The number of para-hydroxylation sites is 1. The van der Waals surface area contributed by atoms with E-state index in [2.05, 4.69) is 0 Å². The Hall–Kier alpha value is -3.64. The van der Waals surface area contributed by atoms with E-state index in [0.29, 0.717) is 0 Å². The third-order valence-electron chi connectivity index (χ3n) is 4.67. The molecule has 0 aliphatic carbocycles. The lowest BCUT2D eigenvalue weighted by atomic mass is 9.68. The Morgan fingerprint density at radius 2 is 2.00 bits per heavy atom. The van der Waals surface area contributed by atoms with E-state index in [1.807, 2.05) is 6.07 Å². The number of hydrogen-bond acceptors (Lipinski definition) is 8. The van der Waals surface area contributed by atoms with E-state index in [0.717, 1.165) is 12.0 Å². The number of amides is 2. The molecule has 0 saturated carbocycles. The monoisotopic (exact) mass is 383 g/mol. The van der Waals surface area contributed by atoms with E-state index in [1.165, 1.54) is 14.0 Å². The number of imide groups is 1. The molecule has 9 nitrogen and oxygen atoms in total. The molecule has 0 bridgehead atoms. The Labute approximate surface area is 160 Å². The summed E-state index contributed by atoms with van der Waals surface area (Å²) in [6.07, 6.45) is 0. The topological polar surface area (TPSA) is 132 Å². The van der Waals surface area contributed by atoms with Gasteiger partial charge in [-0.15, -0.1) is 0 Å². The van der Waals surface area contributed by atoms with Gasteiger partial charge in [0.1, 0.15) is 29.6 Å². The lowest BCUT2D eigenvalue weighted by molar-refractivity contribution is -0.139. The molecular weight excluding hydrogens is 366 g/mol. The van der Waals surface area contributed by atoms with Crippen LogP contribution >= 0.6 is 0 Å². The van der Waals surface area contributed by atoms with Crippen molar-refractivity contribution in [3.8, 4) is 6.07 Å². The molecule has 144 valence electrons. The van der Waals surface area contributed by atoms with Gasteiger partial charge >= 0.3 is 5.97 Å². The maximum atomic E-state index is 13.6. The van der Waals surface area contributed by atoms with Crippen molar-refractivity contribution in [2.24, 2.45) is 5.73 Å². The van der Waals surface area contributed by atoms with Crippen molar-refractivity contribution in [2.45, 2.75) is 12.3 Å². The highest BCUT2D eigenvalue weighted by Gasteiger charge is 2.63. The number of hydrogen-bond donors (Lipinski definition) is 1. The van der Waals surface area contributed by atoms with Gasteiger partial charge in [0.2, 0.25) is 11.8 Å². The Bertz CT molecular complexity index is 1000. The molecule has 2 aliphatic heterocycles. The van der Waals surface area contributed by atoms with Crippen molar-refractivity contribution in [1.29, 1.82) is 5.26 Å². The van der Waals surface area contributed by atoms with Gasteiger partial charge in [-0.2, -0.15) is 5.26 Å². The average molecular weight is 383 g/mol. The van der Waals surface area contributed by atoms with E-state index in [9.17, 15) is 19.6 Å². The molecule has 0 fully saturated rings. The van der Waals surface area contributed by atoms with Crippen LogP contribution in [0.25, 0.3) is 0 Å². The zero-order valence-corrected chi connectivity index (χ0v) is 15.4. The maximum absolute atomic E-state index is 13.6. The minimum absolute atomic E-state index is 0.0700. The quantitative estimate of drug-likeness (QED) is 0.751. The molecule has 2 N–H and O–H groups in total. The number of benzene rings is 1. The molecular formula is C19H17N3O6. The molecule has 0 saturated heterocycles. The Morgan fingerprint density at radius 3 is 2.57 bits per heavy atom. The molecule has 28 heavy (non-hydrogen) atoms. The zero-order chi connectivity index (χ0) is 20.6. The number of carbonyl (C=O) groups is 3. The normalized spacial score (nSPS) is 20.8. The zero-order valence-electron chi connectivity index (χ0n) is 15.4. The molecule has 1 spiro atoms. The number of carbonyl (C=O) groups excluding carboxylic acids is 3. The van der Waals surface area contributed by atoms with Crippen molar-refractivity contribution in [2.75, 3.05) is 25.7 Å². The summed E-state index contributed by atoms with van der Waals surface area (Å²) in [6, 6.07) is 8.25. The maximum Gasteiger partial charge on any atom is 0.339 e. The minimum Gasteiger partial charge on any atom is -0.466 e. The van der Waals surface area contributed by atoms with E-state index in [-0.39, 0.29) is 40.6 Å². The fourth-order valence-corrected chi connectivity index (χ4v) is 3.67. The van der Waals surface area contributed by atoms with E-state index >= 15 is 0 Å². The number of rotatable bonds is 3. The standard InChI is InChI=1S/C19H17N3O6/c1-10(23)22-13-7-5-4-6-11(13)19(18(22)25)12(8-20)16(21)28-14(9-26-2)15(19)17(24)27-3/h4-7H,9,21H2,1-3H3/t19-/m1/s1. The first kappa shape index (κ1) is 19.1. The van der Waals surface area contributed by atoms with Crippen LogP contribution in [0.4, 0.5) is 5.69 Å². The first-order valence-electron chi connectivity index (χ1n) is 8.19. The van der Waals surface area contributed by atoms with Gasteiger partial charge in [0, 0.05) is 19.6 Å². The fourth-order valence-electron chi connectivity index (χ4n) is 3.67. The van der Waals surface area contributed by atoms with Crippen molar-refractivity contribution < 1.29 is 28.6 Å². The number of fused-ring (bicyclic) bond motifs is 2. The van der Waals surface area contributed by atoms with Crippen LogP contribution in [0.15, 0.2) is 47.1 Å². The summed E-state index contributed by atoms with van der Waals surface area (Å²) in [5.41, 5.74) is 3.94. The number of ether oxygens (including phenoxy) is 3. The van der Waals surface area contributed by atoms with Gasteiger partial charge in [0.15, 0.2) is 5.41 Å². The van der Waals surface area contributed by atoms with Crippen molar-refractivity contribution in [3.63, 3.8) is 0 Å². The lowest BCUT2D eigenvalue weighted by Crippen LogP contribution is -2.49. The molecule has 2 amide bonds. The van der Waals surface area contributed by atoms with Crippen LogP contribution in [0.1, 0.15) is 12.5 Å². The van der Waals surface area contributed by atoms with Gasteiger partial charge in [-0.25, -0.2) is 9.69 Å². The van der Waals surface area contributed by atoms with Crippen LogP contribution in [0, 0.1) is 11.3 Å². The van der Waals surface area contributed by atoms with Crippen LogP contribution < -0.4 is 10.6 Å². The Balaban J connectivity index is 2.50. The molecule has 0 unspecified atom stereocenters. The highest BCUT2D eigenvalue weighted by Crippen LogP contribution is 2.54. The summed E-state index contributed by atoms with van der Waals surface area (Å²) in [4.78, 5) is 39.5. The highest BCUT2D eigenvalue weighted by molar-refractivity contribution is 6.27. The molecule has 1 aromatic carbocycles. The second kappa shape index (κ2) is 6.83. The van der Waals surface area contributed by atoms with Crippen molar-refractivity contribution in [3.05, 3.63) is 52.6 Å². The van der Waals surface area contributed by atoms with Gasteiger partial charge in [-0.05, 0) is 6.07 Å². The van der Waals surface area contributed by atoms with E-state index < -0.39 is 23.2 Å². The van der Waals surface area contributed by atoms with Gasteiger partial charge in [-0.1, -0.05) is 18.2 Å². The molecule has 2 aliphatic rings. The lowest BCUT2D eigenvalue weighted by Gasteiger charge is -2.34. The third-order valence-corrected chi connectivity index (χ3v) is 4.67. The number of nitriles is 1. The summed E-state index contributed by atoms with van der Waals surface area (Å²) >= 11 is 0. The summed E-state index contributed by atoms with van der Waals surface area (Å²) in [5.74, 6) is -2.71. The molecule has 1 atom stereocenters. The van der Waals surface area contributed by atoms with Gasteiger partial charge in [0.25, 0.3) is 5.91 Å². The van der Waals surface area contributed by atoms with Crippen LogP contribution in [0.2, 0.25) is 0 Å². The number of nitrogens with two attached hydrogens (primary N) is 1. The van der Waals surface area contributed by atoms with Crippen LogP contribution in [-0.2, 0) is 34.0 Å². The molecule has 0 radical (unpaired) electrons. The van der Waals surface area contributed by atoms with Crippen molar-refractivity contribution >= 4 is 23.5 Å². The predicted octanol–water partition coefficient (Wildman–Crippen LogP) is 0.615. The fraction of sp³-hybridized carbons (Fsp3) is 0.263. The molecule has 1 aromatic rings. The van der Waals surface area contributed by atoms with Gasteiger partial charge in [0.05, 0.1) is 12.8 Å². The molecule has 2 heterocycles. The third kappa shape index (κ3) is 2.32.